The highest BCUT2D eigenvalue weighted by molar-refractivity contribution is 7.11. The molecule has 162 valence electrons. The average molecular weight is 432 g/mol. The molecule has 30 heavy (non-hydrogen) atoms. The Bertz CT molecular complexity index is 829. The van der Waals surface area contributed by atoms with E-state index in [9.17, 15) is 4.79 Å². The number of aromatic nitrogens is 1. The number of hydrogen-bond donors (Lipinski definition) is 0. The number of nitrogens with zero attached hydrogens (tertiary/aromatic N) is 3. The van der Waals surface area contributed by atoms with Crippen LogP contribution in [0.2, 0.25) is 0 Å². The Hall–Kier alpha value is -2.32. The summed E-state index contributed by atoms with van der Waals surface area (Å²) in [5, 5.41) is 2.72. The first-order valence-corrected chi connectivity index (χ1v) is 11.4. The fraction of sp³-hybridized carbons (Fsp3) is 0.545. The molecule has 2 fully saturated rings. The van der Waals surface area contributed by atoms with Crippen LogP contribution >= 0.6 is 11.3 Å². The summed E-state index contributed by atoms with van der Waals surface area (Å²) in [5.41, 5.74) is 0.594. The Morgan fingerprint density at radius 3 is 2.47 bits per heavy atom. The number of piperidine rings is 2. The molecule has 2 saturated heterocycles. The van der Waals surface area contributed by atoms with Crippen molar-refractivity contribution in [3.8, 4) is 16.7 Å². The first-order chi connectivity index (χ1) is 14.7. The molecule has 8 heteroatoms. The van der Waals surface area contributed by atoms with Crippen molar-refractivity contribution in [1.82, 2.24) is 14.8 Å². The fourth-order valence-electron chi connectivity index (χ4n) is 4.35. The Morgan fingerprint density at radius 1 is 1.07 bits per heavy atom. The number of amides is 1. The van der Waals surface area contributed by atoms with E-state index in [1.165, 1.54) is 0 Å². The van der Waals surface area contributed by atoms with Crippen molar-refractivity contribution in [2.24, 2.45) is 0 Å². The minimum atomic E-state index is 0.0310. The quantitative estimate of drug-likeness (QED) is 0.699. The van der Waals surface area contributed by atoms with Crippen LogP contribution in [0.3, 0.4) is 0 Å². The van der Waals surface area contributed by atoms with Gasteiger partial charge in [0.15, 0.2) is 0 Å². The zero-order chi connectivity index (χ0) is 20.9. The molecule has 7 nitrogen and oxygen atoms in total. The molecular weight excluding hydrogens is 402 g/mol. The van der Waals surface area contributed by atoms with E-state index < -0.39 is 0 Å². The molecule has 0 saturated carbocycles. The van der Waals surface area contributed by atoms with Gasteiger partial charge in [-0.05, 0) is 37.8 Å². The molecule has 1 amide bonds. The van der Waals surface area contributed by atoms with Gasteiger partial charge in [-0.1, -0.05) is 11.3 Å². The van der Waals surface area contributed by atoms with Gasteiger partial charge in [-0.15, -0.1) is 0 Å². The van der Waals surface area contributed by atoms with Crippen LogP contribution in [0.1, 0.15) is 36.0 Å². The van der Waals surface area contributed by atoms with E-state index >= 15 is 0 Å². The lowest BCUT2D eigenvalue weighted by molar-refractivity contribution is 0.0423. The number of rotatable bonds is 6. The molecule has 0 unspecified atom stereocenters. The molecule has 1 aromatic heterocycles. The third-order valence-corrected chi connectivity index (χ3v) is 6.72. The summed E-state index contributed by atoms with van der Waals surface area (Å²) >= 11 is 1.55. The van der Waals surface area contributed by atoms with Gasteiger partial charge in [0, 0.05) is 49.9 Å². The number of hydrogen-bond acceptors (Lipinski definition) is 7. The van der Waals surface area contributed by atoms with Crippen molar-refractivity contribution in [3.63, 3.8) is 0 Å². The smallest absolute Gasteiger partial charge is 0.273 e. The zero-order valence-electron chi connectivity index (χ0n) is 17.6. The summed E-state index contributed by atoms with van der Waals surface area (Å²) in [5.74, 6) is 1.27. The highest BCUT2D eigenvalue weighted by Gasteiger charge is 2.31. The van der Waals surface area contributed by atoms with Crippen LogP contribution in [0.5, 0.6) is 16.7 Å². The second-order valence-electron chi connectivity index (χ2n) is 7.74. The van der Waals surface area contributed by atoms with Crippen LogP contribution in [-0.2, 0) is 0 Å². The topological polar surface area (TPSA) is 64.1 Å². The van der Waals surface area contributed by atoms with Crippen LogP contribution in [0.4, 0.5) is 0 Å². The molecule has 0 radical (unpaired) electrons. The Kier molecular flexibility index (Phi) is 6.74. The van der Waals surface area contributed by atoms with Crippen LogP contribution in [-0.4, -0.2) is 73.2 Å². The Balaban J connectivity index is 1.27. The van der Waals surface area contributed by atoms with Crippen LogP contribution in [0, 0.1) is 0 Å². The van der Waals surface area contributed by atoms with Gasteiger partial charge in [0.1, 0.15) is 17.6 Å². The van der Waals surface area contributed by atoms with E-state index in [0.29, 0.717) is 23.1 Å². The number of ether oxygens (including phenoxy) is 3. The maximum atomic E-state index is 13.0. The summed E-state index contributed by atoms with van der Waals surface area (Å²) < 4.78 is 16.6. The summed E-state index contributed by atoms with van der Waals surface area (Å²) in [6, 6.07) is 5.89. The number of likely N-dealkylation sites (tertiary alicyclic amines) is 2. The minimum Gasteiger partial charge on any atom is -0.497 e. The summed E-state index contributed by atoms with van der Waals surface area (Å²) in [7, 11) is 3.19. The minimum absolute atomic E-state index is 0.0310. The normalized spacial score (nSPS) is 18.9. The summed E-state index contributed by atoms with van der Waals surface area (Å²) in [4.78, 5) is 21.8. The second-order valence-corrected chi connectivity index (χ2v) is 8.60. The van der Waals surface area contributed by atoms with E-state index in [-0.39, 0.29) is 12.0 Å². The van der Waals surface area contributed by atoms with E-state index in [1.807, 2.05) is 10.3 Å². The van der Waals surface area contributed by atoms with E-state index in [1.54, 1.807) is 50.0 Å². The number of methoxy groups -OCH3 is 2. The van der Waals surface area contributed by atoms with Gasteiger partial charge in [-0.25, -0.2) is 4.98 Å². The van der Waals surface area contributed by atoms with Crippen LogP contribution < -0.4 is 14.2 Å². The van der Waals surface area contributed by atoms with Gasteiger partial charge in [0.2, 0.25) is 0 Å². The molecule has 1 aromatic carbocycles. The molecule has 0 bridgehead atoms. The zero-order valence-corrected chi connectivity index (χ0v) is 18.4. The van der Waals surface area contributed by atoms with Gasteiger partial charge in [0.05, 0.1) is 19.8 Å². The van der Waals surface area contributed by atoms with Gasteiger partial charge < -0.3 is 19.1 Å². The third kappa shape index (κ3) is 4.70. The molecule has 2 aliphatic rings. The lowest BCUT2D eigenvalue weighted by Gasteiger charge is -2.41. The highest BCUT2D eigenvalue weighted by atomic mass is 32.1. The maximum absolute atomic E-state index is 13.0. The SMILES string of the molecule is COc1ccc(C(=O)N2CCC(N3CCC(Oc4nccs4)CC3)CC2)c(OC)c1. The van der Waals surface area contributed by atoms with Crippen molar-refractivity contribution in [2.75, 3.05) is 40.4 Å². The molecule has 0 atom stereocenters. The molecule has 2 aromatic rings. The van der Waals surface area contributed by atoms with Gasteiger partial charge in [-0.2, -0.15) is 0 Å². The molecule has 4 rings (SSSR count). The number of thiazole rings is 1. The summed E-state index contributed by atoms with van der Waals surface area (Å²) in [6.45, 7) is 3.63. The molecule has 0 aliphatic carbocycles. The van der Waals surface area contributed by atoms with Crippen molar-refractivity contribution < 1.29 is 19.0 Å². The average Bonchev–Trinajstić information content (AvgIpc) is 3.32. The molecule has 3 heterocycles. The van der Waals surface area contributed by atoms with Crippen molar-refractivity contribution >= 4 is 17.2 Å². The number of carbonyl (C=O) groups is 1. The molecular formula is C22H29N3O4S. The largest absolute Gasteiger partial charge is 0.497 e. The lowest BCUT2D eigenvalue weighted by Crippen LogP contribution is -2.50. The summed E-state index contributed by atoms with van der Waals surface area (Å²) in [6.07, 6.45) is 6.11. The predicted molar refractivity (Wildman–Crippen MR) is 116 cm³/mol. The molecule has 2 aliphatic heterocycles. The van der Waals surface area contributed by atoms with Crippen molar-refractivity contribution in [2.45, 2.75) is 37.8 Å². The predicted octanol–water partition coefficient (Wildman–Crippen LogP) is 3.31. The van der Waals surface area contributed by atoms with Crippen molar-refractivity contribution in [1.29, 1.82) is 0 Å². The number of carbonyl (C=O) groups excluding carboxylic acids is 1. The van der Waals surface area contributed by atoms with Gasteiger partial charge in [-0.3, -0.25) is 9.69 Å². The monoisotopic (exact) mass is 431 g/mol. The van der Waals surface area contributed by atoms with Gasteiger partial charge in [0.25, 0.3) is 11.1 Å². The van der Waals surface area contributed by atoms with Gasteiger partial charge >= 0.3 is 0 Å². The van der Waals surface area contributed by atoms with Crippen molar-refractivity contribution in [3.05, 3.63) is 35.3 Å². The van der Waals surface area contributed by atoms with E-state index in [2.05, 4.69) is 9.88 Å². The van der Waals surface area contributed by atoms with Crippen LogP contribution in [0.15, 0.2) is 29.8 Å². The Morgan fingerprint density at radius 2 is 1.83 bits per heavy atom. The molecule has 0 N–H and O–H groups in total. The maximum Gasteiger partial charge on any atom is 0.273 e. The van der Waals surface area contributed by atoms with E-state index in [0.717, 1.165) is 57.1 Å². The second kappa shape index (κ2) is 9.66. The van der Waals surface area contributed by atoms with E-state index in [4.69, 9.17) is 14.2 Å². The first-order valence-electron chi connectivity index (χ1n) is 10.5. The lowest BCUT2D eigenvalue weighted by atomic mass is 9.98. The fourth-order valence-corrected chi connectivity index (χ4v) is 4.90. The highest BCUT2D eigenvalue weighted by Crippen LogP contribution is 2.28. The van der Waals surface area contributed by atoms with Crippen LogP contribution in [0.25, 0.3) is 0 Å². The third-order valence-electron chi connectivity index (χ3n) is 6.06. The standard InChI is InChI=1S/C22H29N3O4S/c1-27-18-3-4-19(20(15-18)28-2)21(26)25-10-5-16(6-11-25)24-12-7-17(8-13-24)29-22-23-9-14-30-22/h3-4,9,14-17H,5-8,10-13H2,1-2H3. The first kappa shape index (κ1) is 20.9. The number of benzene rings is 1. The Labute approximate surface area is 181 Å². The molecule has 0 spiro atoms.